The molecule has 2 rings (SSSR count). The predicted molar refractivity (Wildman–Crippen MR) is 83.3 cm³/mol. The minimum atomic E-state index is -0.652. The Labute approximate surface area is 131 Å². The van der Waals surface area contributed by atoms with Crippen molar-refractivity contribution in [1.82, 2.24) is 10.2 Å². The molecule has 5 nitrogen and oxygen atoms in total. The van der Waals surface area contributed by atoms with Gasteiger partial charge in [-0.3, -0.25) is 4.79 Å². The fourth-order valence-corrected chi connectivity index (χ4v) is 2.12. The normalized spacial score (nSPS) is 15.7. The summed E-state index contributed by atoms with van der Waals surface area (Å²) in [7, 11) is 1.72. The van der Waals surface area contributed by atoms with Crippen LogP contribution >= 0.6 is 12.4 Å². The topological polar surface area (TPSA) is 61.8 Å². The number of carbonyl (C=O) groups excluding carboxylic acids is 1. The van der Waals surface area contributed by atoms with Gasteiger partial charge < -0.3 is 20.1 Å². The number of ether oxygens (including phenoxy) is 1. The summed E-state index contributed by atoms with van der Waals surface area (Å²) < 4.78 is 5.46. The first-order chi connectivity index (χ1) is 9.66. The summed E-state index contributed by atoms with van der Waals surface area (Å²) in [6.07, 6.45) is -0.652. The lowest BCUT2D eigenvalue weighted by Crippen LogP contribution is -2.52. The maximum Gasteiger partial charge on any atom is 0.228 e. The molecule has 1 aliphatic rings. The third-order valence-electron chi connectivity index (χ3n) is 3.41. The van der Waals surface area contributed by atoms with Crippen molar-refractivity contribution >= 4 is 18.3 Å². The highest BCUT2D eigenvalue weighted by atomic mass is 35.5. The standard InChI is InChI=1S/C15H22N2O3.ClH/c1-17(15(19)13-7-16-8-13)9-14(18)11-20-10-12-5-3-2-4-6-12;/h2-6,13-14,16,18H,7-11H2,1H3;1H. The molecule has 1 saturated heterocycles. The van der Waals surface area contributed by atoms with Gasteiger partial charge in [-0.25, -0.2) is 0 Å². The molecule has 0 radical (unpaired) electrons. The number of amides is 1. The molecule has 1 heterocycles. The van der Waals surface area contributed by atoms with E-state index in [4.69, 9.17) is 4.74 Å². The molecule has 0 bridgehead atoms. The summed E-state index contributed by atoms with van der Waals surface area (Å²) in [6.45, 7) is 2.50. The monoisotopic (exact) mass is 314 g/mol. The molecule has 1 fully saturated rings. The van der Waals surface area contributed by atoms with Crippen LogP contribution < -0.4 is 5.32 Å². The van der Waals surface area contributed by atoms with Crippen LogP contribution in [-0.2, 0) is 16.1 Å². The van der Waals surface area contributed by atoms with Crippen LogP contribution in [0.25, 0.3) is 0 Å². The Hall–Kier alpha value is -1.14. The van der Waals surface area contributed by atoms with Crippen molar-refractivity contribution in [1.29, 1.82) is 0 Å². The average Bonchev–Trinajstić information content (AvgIpc) is 2.37. The molecule has 1 aromatic carbocycles. The van der Waals surface area contributed by atoms with Crippen molar-refractivity contribution < 1.29 is 14.6 Å². The van der Waals surface area contributed by atoms with Gasteiger partial charge in [-0.05, 0) is 5.56 Å². The molecular formula is C15H23ClN2O3. The van der Waals surface area contributed by atoms with E-state index >= 15 is 0 Å². The van der Waals surface area contributed by atoms with Crippen LogP contribution in [-0.4, -0.2) is 55.3 Å². The molecular weight excluding hydrogens is 292 g/mol. The van der Waals surface area contributed by atoms with Gasteiger partial charge in [0, 0.05) is 26.7 Å². The second kappa shape index (κ2) is 9.00. The first-order valence-corrected chi connectivity index (χ1v) is 6.92. The van der Waals surface area contributed by atoms with Crippen LogP contribution in [0.15, 0.2) is 30.3 Å². The number of rotatable bonds is 7. The van der Waals surface area contributed by atoms with Crippen LogP contribution in [0.1, 0.15) is 5.56 Å². The maximum absolute atomic E-state index is 11.9. The summed E-state index contributed by atoms with van der Waals surface area (Å²) in [5, 5.41) is 13.0. The third-order valence-corrected chi connectivity index (χ3v) is 3.41. The largest absolute Gasteiger partial charge is 0.389 e. The summed E-state index contributed by atoms with van der Waals surface area (Å²) >= 11 is 0. The zero-order valence-corrected chi connectivity index (χ0v) is 13.0. The lowest BCUT2D eigenvalue weighted by molar-refractivity contribution is -0.137. The van der Waals surface area contributed by atoms with Gasteiger partial charge in [-0.15, -0.1) is 12.4 Å². The minimum Gasteiger partial charge on any atom is -0.389 e. The van der Waals surface area contributed by atoms with Gasteiger partial charge >= 0.3 is 0 Å². The van der Waals surface area contributed by atoms with Gasteiger partial charge in [-0.1, -0.05) is 30.3 Å². The minimum absolute atomic E-state index is 0. The van der Waals surface area contributed by atoms with E-state index in [9.17, 15) is 9.90 Å². The van der Waals surface area contributed by atoms with Crippen LogP contribution in [0.3, 0.4) is 0 Å². The molecule has 0 aromatic heterocycles. The number of carbonyl (C=O) groups is 1. The zero-order chi connectivity index (χ0) is 14.4. The van der Waals surface area contributed by atoms with Crippen molar-refractivity contribution in [2.75, 3.05) is 33.3 Å². The molecule has 21 heavy (non-hydrogen) atoms. The maximum atomic E-state index is 11.9. The number of halogens is 1. The predicted octanol–water partition coefficient (Wildman–Crippen LogP) is 0.664. The fourth-order valence-electron chi connectivity index (χ4n) is 2.12. The molecule has 0 aliphatic carbocycles. The highest BCUT2D eigenvalue weighted by Gasteiger charge is 2.28. The van der Waals surface area contributed by atoms with Gasteiger partial charge in [-0.2, -0.15) is 0 Å². The first kappa shape index (κ1) is 17.9. The molecule has 1 unspecified atom stereocenters. The Morgan fingerprint density at radius 3 is 2.67 bits per heavy atom. The lowest BCUT2D eigenvalue weighted by Gasteiger charge is -2.31. The number of nitrogens with zero attached hydrogens (tertiary/aromatic N) is 1. The molecule has 0 spiro atoms. The molecule has 2 N–H and O–H groups in total. The van der Waals surface area contributed by atoms with Crippen molar-refractivity contribution in [3.8, 4) is 0 Å². The number of nitrogens with one attached hydrogen (secondary N) is 1. The van der Waals surface area contributed by atoms with Crippen molar-refractivity contribution in [2.24, 2.45) is 5.92 Å². The van der Waals surface area contributed by atoms with Crippen molar-refractivity contribution in [3.63, 3.8) is 0 Å². The number of aliphatic hydroxyl groups excluding tert-OH is 1. The summed E-state index contributed by atoms with van der Waals surface area (Å²) in [6, 6.07) is 9.81. The first-order valence-electron chi connectivity index (χ1n) is 6.92. The van der Waals surface area contributed by atoms with Gasteiger partial charge in [0.25, 0.3) is 0 Å². The van der Waals surface area contributed by atoms with Crippen molar-refractivity contribution in [2.45, 2.75) is 12.7 Å². The van der Waals surface area contributed by atoms with E-state index in [0.29, 0.717) is 13.2 Å². The highest BCUT2D eigenvalue weighted by Crippen LogP contribution is 2.07. The van der Waals surface area contributed by atoms with Crippen LogP contribution in [0.5, 0.6) is 0 Å². The van der Waals surface area contributed by atoms with E-state index < -0.39 is 6.10 Å². The molecule has 1 aliphatic heterocycles. The molecule has 1 aromatic rings. The Bertz CT molecular complexity index is 426. The van der Waals surface area contributed by atoms with E-state index in [2.05, 4.69) is 5.32 Å². The van der Waals surface area contributed by atoms with Crippen LogP contribution in [0, 0.1) is 5.92 Å². The SMILES string of the molecule is CN(CC(O)COCc1ccccc1)C(=O)C1CNC1.Cl. The number of aliphatic hydroxyl groups is 1. The molecule has 1 atom stereocenters. The van der Waals surface area contributed by atoms with Crippen molar-refractivity contribution in [3.05, 3.63) is 35.9 Å². The molecule has 6 heteroatoms. The second-order valence-electron chi connectivity index (χ2n) is 5.23. The van der Waals surface area contributed by atoms with Gasteiger partial charge in [0.2, 0.25) is 5.91 Å². The van der Waals surface area contributed by atoms with E-state index in [0.717, 1.165) is 18.7 Å². The fraction of sp³-hybridized carbons (Fsp3) is 0.533. The Morgan fingerprint density at radius 2 is 2.10 bits per heavy atom. The average molecular weight is 315 g/mol. The molecule has 118 valence electrons. The zero-order valence-electron chi connectivity index (χ0n) is 12.2. The van der Waals surface area contributed by atoms with Crippen LogP contribution in [0.2, 0.25) is 0 Å². The Balaban J connectivity index is 0.00000220. The third kappa shape index (κ3) is 5.63. The van der Waals surface area contributed by atoms with Crippen LogP contribution in [0.4, 0.5) is 0 Å². The number of benzene rings is 1. The second-order valence-corrected chi connectivity index (χ2v) is 5.23. The van der Waals surface area contributed by atoms with E-state index in [1.165, 1.54) is 0 Å². The molecule has 0 saturated carbocycles. The molecule has 1 amide bonds. The van der Waals surface area contributed by atoms with E-state index in [-0.39, 0.29) is 30.8 Å². The van der Waals surface area contributed by atoms with E-state index in [1.807, 2.05) is 30.3 Å². The van der Waals surface area contributed by atoms with Gasteiger partial charge in [0.05, 0.1) is 25.2 Å². The highest BCUT2D eigenvalue weighted by molar-refractivity contribution is 5.85. The smallest absolute Gasteiger partial charge is 0.228 e. The lowest BCUT2D eigenvalue weighted by atomic mass is 10.0. The van der Waals surface area contributed by atoms with Gasteiger partial charge in [0.1, 0.15) is 0 Å². The summed E-state index contributed by atoms with van der Waals surface area (Å²) in [4.78, 5) is 13.5. The number of hydrogen-bond donors (Lipinski definition) is 2. The quantitative estimate of drug-likeness (QED) is 0.776. The number of likely N-dealkylation sites (N-methyl/N-ethyl adjacent to an activating group) is 1. The summed E-state index contributed by atoms with van der Waals surface area (Å²) in [5.41, 5.74) is 1.07. The van der Waals surface area contributed by atoms with Gasteiger partial charge in [0.15, 0.2) is 0 Å². The van der Waals surface area contributed by atoms with E-state index in [1.54, 1.807) is 11.9 Å². The Morgan fingerprint density at radius 1 is 1.43 bits per heavy atom. The summed E-state index contributed by atoms with van der Waals surface area (Å²) in [5.74, 6) is 0.156. The number of hydrogen-bond acceptors (Lipinski definition) is 4. The Kier molecular flexibility index (Phi) is 7.67.